The first-order chi connectivity index (χ1) is 10.8. The Balaban J connectivity index is 2.29. The lowest BCUT2D eigenvalue weighted by Gasteiger charge is -2.13. The summed E-state index contributed by atoms with van der Waals surface area (Å²) in [5.74, 6) is 0. The van der Waals surface area contributed by atoms with Gasteiger partial charge in [-0.15, -0.1) is 0 Å². The predicted octanol–water partition coefficient (Wildman–Crippen LogP) is 6.13. The van der Waals surface area contributed by atoms with E-state index in [9.17, 15) is 0 Å². The van der Waals surface area contributed by atoms with Crippen LogP contribution in [0, 0.1) is 34.6 Å². The van der Waals surface area contributed by atoms with Crippen LogP contribution in [-0.2, 0) is 0 Å². The number of aryl methyl sites for hydroxylation is 5. The van der Waals surface area contributed by atoms with E-state index >= 15 is 0 Å². The van der Waals surface area contributed by atoms with Crippen molar-refractivity contribution in [3.63, 3.8) is 0 Å². The first kappa shape index (κ1) is 17.6. The molecule has 2 rings (SSSR count). The molecule has 2 aromatic rings. The molecule has 0 spiro atoms. The highest BCUT2D eigenvalue weighted by atomic mass is 32.1. The molecule has 120 valence electrons. The second-order valence-corrected chi connectivity index (χ2v) is 6.95. The molecule has 1 nitrogen and oxygen atoms in total. The van der Waals surface area contributed by atoms with Gasteiger partial charge in [0, 0.05) is 17.0 Å². The minimum absolute atomic E-state index is 0.730. The number of rotatable bonds is 4. The van der Waals surface area contributed by atoms with E-state index in [1.165, 1.54) is 33.4 Å². The van der Waals surface area contributed by atoms with Gasteiger partial charge in [0.15, 0.2) is 0 Å². The number of para-hydroxylation sites is 1. The molecule has 0 N–H and O–H groups in total. The molecule has 0 unspecified atom stereocenters. The third-order valence-corrected chi connectivity index (χ3v) is 4.46. The largest absolute Gasteiger partial charge is 0.257 e. The highest BCUT2D eigenvalue weighted by molar-refractivity contribution is 7.81. The van der Waals surface area contributed by atoms with Gasteiger partial charge in [-0.25, -0.2) is 0 Å². The van der Waals surface area contributed by atoms with Crippen molar-refractivity contribution in [2.75, 3.05) is 0 Å². The van der Waals surface area contributed by atoms with E-state index in [0.29, 0.717) is 0 Å². The molecule has 0 bridgehead atoms. The van der Waals surface area contributed by atoms with Gasteiger partial charge in [-0.05, 0) is 69.4 Å². The Morgan fingerprint density at radius 2 is 1.43 bits per heavy atom. The first-order valence-electron chi connectivity index (χ1n) is 8.01. The zero-order valence-electron chi connectivity index (χ0n) is 14.9. The fourth-order valence-corrected chi connectivity index (χ4v) is 3.68. The molecule has 23 heavy (non-hydrogen) atoms. The molecule has 0 saturated carbocycles. The van der Waals surface area contributed by atoms with Crippen LogP contribution in [0.15, 0.2) is 35.3 Å². The van der Waals surface area contributed by atoms with Crippen LogP contribution in [0.25, 0.3) is 0 Å². The van der Waals surface area contributed by atoms with Gasteiger partial charge >= 0.3 is 0 Å². The molecule has 0 aliphatic carbocycles. The summed E-state index contributed by atoms with van der Waals surface area (Å²) >= 11 is 5.72. The lowest BCUT2D eigenvalue weighted by Crippen LogP contribution is -2.08. The molecule has 0 saturated heterocycles. The summed E-state index contributed by atoms with van der Waals surface area (Å²) in [4.78, 5) is 5.81. The molecule has 0 aliphatic heterocycles. The van der Waals surface area contributed by atoms with Crippen LogP contribution in [-0.4, -0.2) is 10.6 Å². The van der Waals surface area contributed by atoms with Crippen LogP contribution in [0.4, 0.5) is 5.69 Å². The van der Waals surface area contributed by atoms with Gasteiger partial charge in [0.1, 0.15) is 0 Å². The van der Waals surface area contributed by atoms with Crippen molar-refractivity contribution in [2.45, 2.75) is 48.0 Å². The van der Waals surface area contributed by atoms with Crippen molar-refractivity contribution < 1.29 is 0 Å². The Morgan fingerprint density at radius 3 is 1.96 bits per heavy atom. The fourth-order valence-electron chi connectivity index (χ4n) is 3.15. The fraction of sp³-hybridized carbons (Fsp3) is 0.333. The van der Waals surface area contributed by atoms with Gasteiger partial charge in [-0.2, -0.15) is 0 Å². The molecular weight excluding hydrogens is 298 g/mol. The van der Waals surface area contributed by atoms with Crippen molar-refractivity contribution in [1.82, 2.24) is 0 Å². The van der Waals surface area contributed by atoms with E-state index < -0.39 is 0 Å². The second-order valence-electron chi connectivity index (χ2n) is 6.46. The Bertz CT molecular complexity index is 741. The van der Waals surface area contributed by atoms with Crippen LogP contribution in [0.2, 0.25) is 0 Å². The zero-order chi connectivity index (χ0) is 17.1. The molecule has 0 amide bonds. The quantitative estimate of drug-likeness (QED) is 0.374. The summed E-state index contributed by atoms with van der Waals surface area (Å²) in [7, 11) is 0. The summed E-state index contributed by atoms with van der Waals surface area (Å²) < 4.78 is 0. The van der Waals surface area contributed by atoms with E-state index in [2.05, 4.69) is 71.9 Å². The van der Waals surface area contributed by atoms with Gasteiger partial charge in [-0.1, -0.05) is 48.1 Å². The number of thiocarbonyl (C=S) groups is 1. The van der Waals surface area contributed by atoms with Crippen molar-refractivity contribution in [3.05, 3.63) is 63.7 Å². The Morgan fingerprint density at radius 1 is 0.913 bits per heavy atom. The number of hydrogen-bond acceptors (Lipinski definition) is 2. The molecule has 0 heterocycles. The van der Waals surface area contributed by atoms with Gasteiger partial charge in [0.05, 0.1) is 5.69 Å². The van der Waals surface area contributed by atoms with E-state index in [4.69, 9.17) is 17.2 Å². The number of hydrogen-bond donors (Lipinski definition) is 0. The van der Waals surface area contributed by atoms with E-state index in [0.717, 1.165) is 22.7 Å². The van der Waals surface area contributed by atoms with E-state index in [-0.39, 0.29) is 0 Å². The zero-order valence-corrected chi connectivity index (χ0v) is 15.8. The maximum absolute atomic E-state index is 5.72. The number of nitrogens with zero attached hydrogens (tertiary/aromatic N) is 1. The summed E-state index contributed by atoms with van der Waals surface area (Å²) in [6.07, 6.45) is 0.730. The van der Waals surface area contributed by atoms with E-state index in [1.807, 2.05) is 0 Å². The predicted molar refractivity (Wildman–Crippen MR) is 106 cm³/mol. The summed E-state index contributed by atoms with van der Waals surface area (Å²) in [6, 6.07) is 10.7. The Kier molecular flexibility index (Phi) is 5.48. The minimum Gasteiger partial charge on any atom is -0.257 e. The SMILES string of the molecule is CC(CC(=S)c1c(C)cc(C)cc1C)=Nc1c(C)cccc1C. The van der Waals surface area contributed by atoms with Crippen molar-refractivity contribution in [3.8, 4) is 0 Å². The first-order valence-corrected chi connectivity index (χ1v) is 8.42. The van der Waals surface area contributed by atoms with Crippen molar-refractivity contribution in [2.24, 2.45) is 4.99 Å². The Labute approximate surface area is 145 Å². The molecule has 2 aromatic carbocycles. The third kappa shape index (κ3) is 4.14. The maximum Gasteiger partial charge on any atom is 0.0687 e. The lowest BCUT2D eigenvalue weighted by atomic mass is 9.95. The standard InChI is InChI=1S/C21H25NS/c1-13-10-16(4)20(17(5)11-13)19(23)12-18(6)22-21-14(2)8-7-9-15(21)3/h7-11H,12H2,1-6H3. The monoisotopic (exact) mass is 323 g/mol. The maximum atomic E-state index is 5.72. The van der Waals surface area contributed by atoms with Crippen LogP contribution < -0.4 is 0 Å². The molecule has 0 radical (unpaired) electrons. The van der Waals surface area contributed by atoms with Crippen LogP contribution >= 0.6 is 12.2 Å². The average Bonchev–Trinajstić information content (AvgIpc) is 2.41. The van der Waals surface area contributed by atoms with E-state index in [1.54, 1.807) is 0 Å². The average molecular weight is 324 g/mol. The summed E-state index contributed by atoms with van der Waals surface area (Å²) in [5.41, 5.74) is 9.56. The van der Waals surface area contributed by atoms with Gasteiger partial charge in [-0.3, -0.25) is 4.99 Å². The van der Waals surface area contributed by atoms with Gasteiger partial charge in [0.25, 0.3) is 0 Å². The van der Waals surface area contributed by atoms with Crippen LogP contribution in [0.1, 0.15) is 46.7 Å². The van der Waals surface area contributed by atoms with Crippen molar-refractivity contribution >= 4 is 28.5 Å². The normalized spacial score (nSPS) is 11.7. The molecular formula is C21H25NS. The Hall–Kier alpha value is -1.80. The highest BCUT2D eigenvalue weighted by Crippen LogP contribution is 2.24. The smallest absolute Gasteiger partial charge is 0.0687 e. The second kappa shape index (κ2) is 7.18. The molecule has 0 atom stereocenters. The number of aliphatic imine (C=N–C) groups is 1. The van der Waals surface area contributed by atoms with Crippen LogP contribution in [0.5, 0.6) is 0 Å². The minimum atomic E-state index is 0.730. The summed E-state index contributed by atoms with van der Waals surface area (Å²) in [6.45, 7) is 12.7. The van der Waals surface area contributed by atoms with Crippen LogP contribution in [0.3, 0.4) is 0 Å². The highest BCUT2D eigenvalue weighted by Gasteiger charge is 2.11. The molecule has 0 aliphatic rings. The summed E-state index contributed by atoms with van der Waals surface area (Å²) in [5, 5.41) is 0. The van der Waals surface area contributed by atoms with Crippen molar-refractivity contribution in [1.29, 1.82) is 0 Å². The molecule has 2 heteroatoms. The third-order valence-electron chi connectivity index (χ3n) is 4.11. The molecule has 0 aromatic heterocycles. The van der Waals surface area contributed by atoms with Gasteiger partial charge in [0.2, 0.25) is 0 Å². The topological polar surface area (TPSA) is 12.4 Å². The lowest BCUT2D eigenvalue weighted by molar-refractivity contribution is 1.28. The number of benzene rings is 2. The van der Waals surface area contributed by atoms with Gasteiger partial charge < -0.3 is 0 Å². The molecule has 0 fully saturated rings.